The van der Waals surface area contributed by atoms with E-state index < -0.39 is 0 Å². The first-order valence-electron chi connectivity index (χ1n) is 3.33. The number of nitrogens with zero attached hydrogens (tertiary/aromatic N) is 3. The summed E-state index contributed by atoms with van der Waals surface area (Å²) < 4.78 is 0. The summed E-state index contributed by atoms with van der Waals surface area (Å²) in [6.07, 6.45) is 4.88. The molecular formula is C7H6N4S. The largest absolute Gasteiger partial charge is 0.389 e. The molecule has 0 spiro atoms. The number of nitrogens with two attached hydrogens (primary N) is 1. The first kappa shape index (κ1) is 7.17. The van der Waals surface area contributed by atoms with Crippen LogP contribution in [0.3, 0.4) is 0 Å². The first-order chi connectivity index (χ1) is 5.88. The van der Waals surface area contributed by atoms with Crippen LogP contribution < -0.4 is 5.73 Å². The minimum absolute atomic E-state index is 0.676. The normalized spacial score (nSPS) is 10.0. The topological polar surface area (TPSA) is 64.7 Å². The smallest absolute Gasteiger partial charge is 0.124 e. The molecule has 0 aliphatic carbocycles. The summed E-state index contributed by atoms with van der Waals surface area (Å²) in [6, 6.07) is 0. The molecule has 4 nitrogen and oxygen atoms in total. The van der Waals surface area contributed by atoms with Crippen molar-refractivity contribution in [2.24, 2.45) is 0 Å². The molecule has 5 heteroatoms. The molecule has 0 bridgehead atoms. The van der Waals surface area contributed by atoms with Crippen LogP contribution in [0.2, 0.25) is 0 Å². The third-order valence-corrected chi connectivity index (χ3v) is 2.06. The van der Waals surface area contributed by atoms with Gasteiger partial charge in [-0.25, -0.2) is 4.98 Å². The summed E-state index contributed by atoms with van der Waals surface area (Å²) in [6.45, 7) is 0. The lowest BCUT2D eigenvalue weighted by Gasteiger charge is -1.94. The molecule has 0 aliphatic rings. The Hall–Kier alpha value is -1.49. The molecule has 2 heterocycles. The molecular weight excluding hydrogens is 172 g/mol. The molecule has 0 radical (unpaired) electrons. The van der Waals surface area contributed by atoms with Crippen LogP contribution >= 0.6 is 11.3 Å². The average molecular weight is 178 g/mol. The Morgan fingerprint density at radius 2 is 2.17 bits per heavy atom. The molecule has 2 aromatic rings. The summed E-state index contributed by atoms with van der Waals surface area (Å²) in [5.41, 5.74) is 8.79. The van der Waals surface area contributed by atoms with Gasteiger partial charge in [0, 0.05) is 12.4 Å². The molecule has 0 aliphatic heterocycles. The highest BCUT2D eigenvalue weighted by atomic mass is 32.1. The van der Waals surface area contributed by atoms with Crippen molar-refractivity contribution < 1.29 is 0 Å². The van der Waals surface area contributed by atoms with Gasteiger partial charge in [0.2, 0.25) is 0 Å². The van der Waals surface area contributed by atoms with Crippen molar-refractivity contribution >= 4 is 16.3 Å². The van der Waals surface area contributed by atoms with E-state index in [9.17, 15) is 0 Å². The number of anilines is 1. The molecule has 2 aromatic heterocycles. The number of thiazole rings is 1. The molecule has 2 rings (SSSR count). The second-order valence-electron chi connectivity index (χ2n) is 2.16. The number of hydrogen-bond acceptors (Lipinski definition) is 5. The van der Waals surface area contributed by atoms with Gasteiger partial charge in [0.1, 0.15) is 16.4 Å². The van der Waals surface area contributed by atoms with E-state index in [0.29, 0.717) is 10.7 Å². The number of nitrogen functional groups attached to an aromatic ring is 1. The molecule has 60 valence electrons. The Balaban J connectivity index is 2.51. The fraction of sp³-hybridized carbons (Fsp3) is 0. The summed E-state index contributed by atoms with van der Waals surface area (Å²) in [5.74, 6) is 0. The zero-order valence-electron chi connectivity index (χ0n) is 6.14. The number of hydrogen-bond donors (Lipinski definition) is 1. The molecule has 0 saturated carbocycles. The van der Waals surface area contributed by atoms with E-state index in [-0.39, 0.29) is 0 Å². The lowest BCUT2D eigenvalue weighted by atomic mass is 10.3. The third-order valence-electron chi connectivity index (χ3n) is 1.40. The first-order valence-corrected chi connectivity index (χ1v) is 4.21. The molecule has 0 saturated heterocycles. The average Bonchev–Trinajstić information content (AvgIpc) is 2.53. The van der Waals surface area contributed by atoms with Gasteiger partial charge < -0.3 is 5.73 Å². The minimum atomic E-state index is 0.676. The van der Waals surface area contributed by atoms with Crippen LogP contribution in [0.25, 0.3) is 11.4 Å². The van der Waals surface area contributed by atoms with Gasteiger partial charge in [0.15, 0.2) is 0 Å². The number of aromatic nitrogens is 3. The van der Waals surface area contributed by atoms with E-state index >= 15 is 0 Å². The Labute approximate surface area is 73.1 Å². The lowest BCUT2D eigenvalue weighted by molar-refractivity contribution is 1.19. The van der Waals surface area contributed by atoms with Crippen LogP contribution in [-0.2, 0) is 0 Å². The number of rotatable bonds is 1. The molecule has 0 aromatic carbocycles. The summed E-state index contributed by atoms with van der Waals surface area (Å²) in [5, 5.41) is 0.676. The lowest BCUT2D eigenvalue weighted by Crippen LogP contribution is -1.88. The van der Waals surface area contributed by atoms with Gasteiger partial charge in [-0.2, -0.15) is 0 Å². The summed E-state index contributed by atoms with van der Waals surface area (Å²) in [7, 11) is 0. The zero-order chi connectivity index (χ0) is 8.39. The van der Waals surface area contributed by atoms with Crippen molar-refractivity contribution in [1.29, 1.82) is 0 Å². The van der Waals surface area contributed by atoms with Gasteiger partial charge >= 0.3 is 0 Å². The maximum atomic E-state index is 5.66. The second kappa shape index (κ2) is 2.86. The maximum Gasteiger partial charge on any atom is 0.124 e. The van der Waals surface area contributed by atoms with Crippen molar-refractivity contribution in [2.75, 3.05) is 5.73 Å². The molecule has 0 amide bonds. The fourth-order valence-corrected chi connectivity index (χ4v) is 1.41. The molecule has 0 unspecified atom stereocenters. The third kappa shape index (κ3) is 1.14. The van der Waals surface area contributed by atoms with E-state index in [0.717, 1.165) is 5.69 Å². The van der Waals surface area contributed by atoms with Crippen LogP contribution in [0.4, 0.5) is 5.00 Å². The van der Waals surface area contributed by atoms with Crippen LogP contribution in [0.1, 0.15) is 0 Å². The van der Waals surface area contributed by atoms with Crippen LogP contribution in [0.5, 0.6) is 0 Å². The highest BCUT2D eigenvalue weighted by molar-refractivity contribution is 7.14. The highest BCUT2D eigenvalue weighted by Crippen LogP contribution is 2.24. The monoisotopic (exact) mass is 178 g/mol. The van der Waals surface area contributed by atoms with Crippen molar-refractivity contribution in [3.05, 3.63) is 24.1 Å². The van der Waals surface area contributed by atoms with Crippen molar-refractivity contribution in [3.8, 4) is 11.4 Å². The summed E-state index contributed by atoms with van der Waals surface area (Å²) >= 11 is 1.40. The Kier molecular flexibility index (Phi) is 1.71. The molecule has 12 heavy (non-hydrogen) atoms. The maximum absolute atomic E-state index is 5.66. The van der Waals surface area contributed by atoms with Gasteiger partial charge in [-0.15, -0.1) is 11.3 Å². The van der Waals surface area contributed by atoms with Crippen LogP contribution in [0.15, 0.2) is 24.1 Å². The summed E-state index contributed by atoms with van der Waals surface area (Å²) in [4.78, 5) is 12.1. The minimum Gasteiger partial charge on any atom is -0.389 e. The van der Waals surface area contributed by atoms with E-state index in [1.165, 1.54) is 11.3 Å². The SMILES string of the molecule is Nc1scnc1-c1cnccn1. The van der Waals surface area contributed by atoms with E-state index in [2.05, 4.69) is 15.0 Å². The van der Waals surface area contributed by atoms with Gasteiger partial charge in [0.05, 0.1) is 11.7 Å². The molecule has 2 N–H and O–H groups in total. The van der Waals surface area contributed by atoms with Crippen molar-refractivity contribution in [3.63, 3.8) is 0 Å². The highest BCUT2D eigenvalue weighted by Gasteiger charge is 2.05. The second-order valence-corrected chi connectivity index (χ2v) is 3.04. The Morgan fingerprint density at radius 3 is 2.75 bits per heavy atom. The van der Waals surface area contributed by atoms with E-state index in [1.807, 2.05) is 0 Å². The van der Waals surface area contributed by atoms with Crippen LogP contribution in [-0.4, -0.2) is 15.0 Å². The van der Waals surface area contributed by atoms with E-state index in [1.54, 1.807) is 24.1 Å². The van der Waals surface area contributed by atoms with Crippen LogP contribution in [0, 0.1) is 0 Å². The Morgan fingerprint density at radius 1 is 1.25 bits per heavy atom. The predicted octanol–water partition coefficient (Wildman–Crippen LogP) is 1.18. The van der Waals surface area contributed by atoms with Gasteiger partial charge in [-0.05, 0) is 0 Å². The molecule has 0 atom stereocenters. The van der Waals surface area contributed by atoms with Gasteiger partial charge in [-0.3, -0.25) is 9.97 Å². The standard InChI is InChI=1S/C7H6N4S/c8-7-6(11-4-12-7)5-3-9-1-2-10-5/h1-4H,8H2. The molecule has 0 fully saturated rings. The zero-order valence-corrected chi connectivity index (χ0v) is 6.95. The van der Waals surface area contributed by atoms with Crippen molar-refractivity contribution in [2.45, 2.75) is 0 Å². The quantitative estimate of drug-likeness (QED) is 0.712. The Bertz CT molecular complexity index is 370. The fourth-order valence-electron chi connectivity index (χ4n) is 0.869. The van der Waals surface area contributed by atoms with E-state index in [4.69, 9.17) is 5.73 Å². The predicted molar refractivity (Wildman–Crippen MR) is 47.6 cm³/mol. The van der Waals surface area contributed by atoms with Crippen molar-refractivity contribution in [1.82, 2.24) is 15.0 Å². The van der Waals surface area contributed by atoms with Gasteiger partial charge in [0.25, 0.3) is 0 Å². The van der Waals surface area contributed by atoms with Gasteiger partial charge in [-0.1, -0.05) is 0 Å².